The first-order chi connectivity index (χ1) is 22.1. The topological polar surface area (TPSA) is 96.0 Å². The lowest BCUT2D eigenvalue weighted by Crippen LogP contribution is -2.53. The molecule has 0 spiro atoms. The minimum absolute atomic E-state index is 0.0523. The lowest BCUT2D eigenvalue weighted by molar-refractivity contribution is -0.140. The van der Waals surface area contributed by atoms with Crippen LogP contribution < -0.4 is 14.4 Å². The van der Waals surface area contributed by atoms with Crippen molar-refractivity contribution in [1.82, 2.24) is 10.2 Å². The maximum atomic E-state index is 14.5. The number of carbonyl (C=O) groups excluding carboxylic acids is 2. The molecule has 0 saturated heterocycles. The predicted octanol–water partition coefficient (Wildman–Crippen LogP) is 6.24. The number of hydrogen-bond donors (Lipinski definition) is 1. The zero-order valence-electron chi connectivity index (χ0n) is 25.7. The van der Waals surface area contributed by atoms with Crippen molar-refractivity contribution in [3.8, 4) is 5.75 Å². The molecular weight excluding hydrogens is 629 g/mol. The Kier molecular flexibility index (Phi) is 12.2. The summed E-state index contributed by atoms with van der Waals surface area (Å²) in [6.45, 7) is 3.86. The molecule has 1 N–H and O–H groups in total. The van der Waals surface area contributed by atoms with Gasteiger partial charge in [0, 0.05) is 24.5 Å². The molecule has 11 heteroatoms. The molecule has 0 heterocycles. The summed E-state index contributed by atoms with van der Waals surface area (Å²) in [5.74, 6) is -1.09. The van der Waals surface area contributed by atoms with Crippen molar-refractivity contribution in [2.75, 3.05) is 24.0 Å². The van der Waals surface area contributed by atoms with Gasteiger partial charge in [0.15, 0.2) is 0 Å². The Morgan fingerprint density at radius 1 is 0.891 bits per heavy atom. The van der Waals surface area contributed by atoms with Crippen molar-refractivity contribution < 1.29 is 27.1 Å². The van der Waals surface area contributed by atoms with E-state index in [9.17, 15) is 22.4 Å². The highest BCUT2D eigenvalue weighted by Crippen LogP contribution is 2.28. The predicted molar refractivity (Wildman–Crippen MR) is 178 cm³/mol. The average Bonchev–Trinajstić information content (AvgIpc) is 3.06. The van der Waals surface area contributed by atoms with E-state index in [1.54, 1.807) is 36.4 Å². The van der Waals surface area contributed by atoms with Crippen LogP contribution in [0.2, 0.25) is 5.02 Å². The number of sulfonamides is 1. The van der Waals surface area contributed by atoms with Gasteiger partial charge in [-0.2, -0.15) is 0 Å². The number of hydrogen-bond acceptors (Lipinski definition) is 5. The van der Waals surface area contributed by atoms with Crippen LogP contribution in [0.3, 0.4) is 0 Å². The number of rotatable bonds is 15. The van der Waals surface area contributed by atoms with Crippen molar-refractivity contribution in [3.05, 3.63) is 125 Å². The number of benzene rings is 4. The fraction of sp³-hybridized carbons (Fsp3) is 0.257. The molecular formula is C35H37ClFN3O5S. The molecule has 242 valence electrons. The smallest absolute Gasteiger partial charge is 0.264 e. The first kappa shape index (κ1) is 34.5. The van der Waals surface area contributed by atoms with E-state index in [4.69, 9.17) is 16.3 Å². The van der Waals surface area contributed by atoms with Gasteiger partial charge in [0.2, 0.25) is 11.8 Å². The first-order valence-corrected chi connectivity index (χ1v) is 16.8. The summed E-state index contributed by atoms with van der Waals surface area (Å²) in [6, 6.07) is 25.9. The van der Waals surface area contributed by atoms with E-state index < -0.39 is 34.3 Å². The van der Waals surface area contributed by atoms with E-state index in [1.165, 1.54) is 17.0 Å². The summed E-state index contributed by atoms with van der Waals surface area (Å²) in [4.78, 5) is 29.4. The van der Waals surface area contributed by atoms with Crippen LogP contribution in [0.15, 0.2) is 108 Å². The van der Waals surface area contributed by atoms with E-state index in [1.807, 2.05) is 44.2 Å². The Hall–Kier alpha value is -4.41. The maximum absolute atomic E-state index is 14.5. The van der Waals surface area contributed by atoms with E-state index in [0.29, 0.717) is 35.9 Å². The molecule has 0 aromatic heterocycles. The normalized spacial score (nSPS) is 11.8. The molecule has 2 amide bonds. The third-order valence-electron chi connectivity index (χ3n) is 7.24. The van der Waals surface area contributed by atoms with Crippen LogP contribution in [-0.4, -0.2) is 50.9 Å². The molecule has 0 saturated carbocycles. The molecule has 1 atom stereocenters. The summed E-state index contributed by atoms with van der Waals surface area (Å²) in [5.41, 5.74) is 1.60. The minimum atomic E-state index is -4.37. The van der Waals surface area contributed by atoms with Gasteiger partial charge in [-0.3, -0.25) is 13.9 Å². The van der Waals surface area contributed by atoms with Crippen LogP contribution >= 0.6 is 11.6 Å². The molecule has 4 aromatic rings. The van der Waals surface area contributed by atoms with Crippen LogP contribution in [-0.2, 0) is 32.6 Å². The van der Waals surface area contributed by atoms with Gasteiger partial charge in [0.25, 0.3) is 10.0 Å². The van der Waals surface area contributed by atoms with E-state index in [2.05, 4.69) is 5.32 Å². The van der Waals surface area contributed by atoms with Gasteiger partial charge in [-0.05, 0) is 79.1 Å². The largest absolute Gasteiger partial charge is 0.494 e. The van der Waals surface area contributed by atoms with Gasteiger partial charge >= 0.3 is 0 Å². The molecule has 4 rings (SSSR count). The summed E-state index contributed by atoms with van der Waals surface area (Å²) >= 11 is 6.52. The molecule has 0 aliphatic rings. The van der Waals surface area contributed by atoms with E-state index >= 15 is 0 Å². The van der Waals surface area contributed by atoms with Gasteiger partial charge in [-0.1, -0.05) is 67.1 Å². The Labute approximate surface area is 274 Å². The lowest BCUT2D eigenvalue weighted by atomic mass is 10.0. The van der Waals surface area contributed by atoms with Gasteiger partial charge in [-0.25, -0.2) is 12.8 Å². The Balaban J connectivity index is 1.80. The molecule has 4 aromatic carbocycles. The number of halogens is 2. The van der Waals surface area contributed by atoms with Crippen molar-refractivity contribution >= 4 is 39.1 Å². The van der Waals surface area contributed by atoms with Crippen LogP contribution in [0.1, 0.15) is 31.4 Å². The van der Waals surface area contributed by atoms with E-state index in [0.717, 1.165) is 34.1 Å². The Morgan fingerprint density at radius 3 is 2.17 bits per heavy atom. The Morgan fingerprint density at radius 2 is 1.54 bits per heavy atom. The summed E-state index contributed by atoms with van der Waals surface area (Å²) in [5, 5.41) is 3.30. The number of ether oxygens (including phenoxy) is 1. The fourth-order valence-corrected chi connectivity index (χ4v) is 6.48. The molecule has 0 aliphatic heterocycles. The molecule has 0 unspecified atom stereocenters. The van der Waals surface area contributed by atoms with Crippen molar-refractivity contribution in [2.24, 2.45) is 0 Å². The number of amides is 2. The molecule has 0 aliphatic carbocycles. The number of carbonyl (C=O) groups is 2. The van der Waals surface area contributed by atoms with Crippen molar-refractivity contribution in [2.45, 2.75) is 44.2 Å². The number of nitrogens with zero attached hydrogens (tertiary/aromatic N) is 2. The van der Waals surface area contributed by atoms with Crippen LogP contribution in [0, 0.1) is 5.82 Å². The monoisotopic (exact) mass is 665 g/mol. The summed E-state index contributed by atoms with van der Waals surface area (Å²) in [6.07, 6.45) is 0.865. The molecule has 8 nitrogen and oxygen atoms in total. The highest BCUT2D eigenvalue weighted by molar-refractivity contribution is 7.92. The van der Waals surface area contributed by atoms with Crippen molar-refractivity contribution in [1.29, 1.82) is 0 Å². The zero-order chi connectivity index (χ0) is 33.1. The second-order valence-electron chi connectivity index (χ2n) is 10.5. The third kappa shape index (κ3) is 8.86. The van der Waals surface area contributed by atoms with Crippen LogP contribution in [0.5, 0.6) is 5.75 Å². The van der Waals surface area contributed by atoms with Crippen LogP contribution in [0.25, 0.3) is 0 Å². The second-order valence-corrected chi connectivity index (χ2v) is 12.8. The SMILES string of the molecule is CCCNC(=O)[C@@H](Cc1ccccc1)N(Cc1ccccc1Cl)C(=O)CN(c1ccc(OCC)cc1)S(=O)(=O)c1ccc(F)cc1. The van der Waals surface area contributed by atoms with Gasteiger partial charge in [0.1, 0.15) is 24.2 Å². The first-order valence-electron chi connectivity index (χ1n) is 15.0. The minimum Gasteiger partial charge on any atom is -0.494 e. The van der Waals surface area contributed by atoms with Gasteiger partial charge in [-0.15, -0.1) is 0 Å². The lowest BCUT2D eigenvalue weighted by Gasteiger charge is -2.34. The van der Waals surface area contributed by atoms with Gasteiger partial charge < -0.3 is 15.0 Å². The molecule has 0 radical (unpaired) electrons. The van der Waals surface area contributed by atoms with E-state index in [-0.39, 0.29) is 29.5 Å². The fourth-order valence-electron chi connectivity index (χ4n) is 4.87. The zero-order valence-corrected chi connectivity index (χ0v) is 27.3. The third-order valence-corrected chi connectivity index (χ3v) is 9.39. The summed E-state index contributed by atoms with van der Waals surface area (Å²) in [7, 11) is -4.37. The second kappa shape index (κ2) is 16.2. The number of anilines is 1. The Bertz CT molecular complexity index is 1700. The molecule has 46 heavy (non-hydrogen) atoms. The molecule has 0 bridgehead atoms. The maximum Gasteiger partial charge on any atom is 0.264 e. The van der Waals surface area contributed by atoms with Gasteiger partial charge in [0.05, 0.1) is 17.2 Å². The standard InChI is InChI=1S/C35H37ClFN3O5S/c1-3-22-38-35(42)33(23-26-10-6-5-7-11-26)39(24-27-12-8-9-13-32(27)36)34(41)25-40(29-16-18-30(19-17-29)45-4-2)46(43,44)31-20-14-28(37)15-21-31/h5-21,33H,3-4,22-25H2,1-2H3,(H,38,42)/t33-/m1/s1. The van der Waals surface area contributed by atoms with Crippen LogP contribution in [0.4, 0.5) is 10.1 Å². The highest BCUT2D eigenvalue weighted by atomic mass is 35.5. The average molecular weight is 666 g/mol. The van der Waals surface area contributed by atoms with Crippen molar-refractivity contribution in [3.63, 3.8) is 0 Å². The summed E-state index contributed by atoms with van der Waals surface area (Å²) < 4.78 is 48.4. The number of nitrogens with one attached hydrogen (secondary N) is 1. The quantitative estimate of drug-likeness (QED) is 0.162. The highest BCUT2D eigenvalue weighted by Gasteiger charge is 2.35. The molecule has 0 fully saturated rings.